The van der Waals surface area contributed by atoms with Crippen LogP contribution in [-0.4, -0.2) is 37.2 Å². The van der Waals surface area contributed by atoms with Gasteiger partial charge < -0.3 is 14.2 Å². The van der Waals surface area contributed by atoms with Gasteiger partial charge in [0.2, 0.25) is 0 Å². The zero-order valence-electron chi connectivity index (χ0n) is 39.1. The van der Waals surface area contributed by atoms with E-state index >= 15 is 0 Å². The molecule has 0 bridgehead atoms. The van der Waals surface area contributed by atoms with Crippen LogP contribution >= 0.6 is 0 Å². The maximum atomic E-state index is 12.8. The van der Waals surface area contributed by atoms with Gasteiger partial charge in [-0.1, -0.05) is 194 Å². The van der Waals surface area contributed by atoms with E-state index in [2.05, 4.69) is 81.5 Å². The normalized spacial score (nSPS) is 13.0. The minimum Gasteiger partial charge on any atom is -0.462 e. The van der Waals surface area contributed by atoms with Gasteiger partial charge in [0, 0.05) is 19.3 Å². The summed E-state index contributed by atoms with van der Waals surface area (Å²) < 4.78 is 16.7. The fourth-order valence-electron chi connectivity index (χ4n) is 6.23. The van der Waals surface area contributed by atoms with Crippen molar-refractivity contribution in [1.82, 2.24) is 0 Å². The Hall–Kier alpha value is -3.93. The van der Waals surface area contributed by atoms with Crippen molar-refractivity contribution in [3.63, 3.8) is 0 Å². The topological polar surface area (TPSA) is 78.9 Å². The Morgan fingerprint density at radius 2 is 0.721 bits per heavy atom. The summed E-state index contributed by atoms with van der Waals surface area (Å²) in [5, 5.41) is 0. The molecule has 0 aromatic rings. The molecule has 61 heavy (non-hydrogen) atoms. The van der Waals surface area contributed by atoms with Crippen LogP contribution in [0.1, 0.15) is 201 Å². The van der Waals surface area contributed by atoms with Crippen LogP contribution in [-0.2, 0) is 28.6 Å². The summed E-state index contributed by atoms with van der Waals surface area (Å²) >= 11 is 0. The van der Waals surface area contributed by atoms with Crippen LogP contribution < -0.4 is 0 Å². The first-order valence-corrected chi connectivity index (χ1v) is 24.5. The Kier molecular flexibility index (Phi) is 45.6. The summed E-state index contributed by atoms with van der Waals surface area (Å²) in [6.07, 6.45) is 65.0. The molecule has 0 amide bonds. The second-order valence-electron chi connectivity index (χ2n) is 15.7. The van der Waals surface area contributed by atoms with Gasteiger partial charge in [0.05, 0.1) is 0 Å². The van der Waals surface area contributed by atoms with Crippen molar-refractivity contribution in [2.75, 3.05) is 13.2 Å². The lowest BCUT2D eigenvalue weighted by Gasteiger charge is -2.18. The van der Waals surface area contributed by atoms with Crippen LogP contribution in [0.2, 0.25) is 0 Å². The first-order chi connectivity index (χ1) is 30.0. The average molecular weight is 845 g/mol. The van der Waals surface area contributed by atoms with Crippen molar-refractivity contribution < 1.29 is 28.6 Å². The standard InChI is InChI=1S/C55H88O6/c1-4-7-10-13-16-19-22-25-28-31-33-36-39-42-45-48-54(57)60-51-52(61-55(58)49-46-43-40-37-34-30-27-24-21-18-15-12-9-6-3)50-59-53(56)47-44-41-38-35-32-29-26-23-20-17-14-11-8-5-2/h7,9-10,12-13,16,18-19,21-22,25,27-33,52H,4-6,8,11,14-15,17,20,23-24,26,34-51H2,1-3H3/b10-7-,12-9-,16-13-,21-18-,22-19-,28-25-,30-27-,32-29-,33-31-. The minimum absolute atomic E-state index is 0.111. The van der Waals surface area contributed by atoms with Crippen LogP contribution in [0.15, 0.2) is 109 Å². The molecule has 0 rings (SSSR count). The van der Waals surface area contributed by atoms with Gasteiger partial charge >= 0.3 is 17.9 Å². The van der Waals surface area contributed by atoms with Crippen molar-refractivity contribution in [2.24, 2.45) is 0 Å². The number of allylic oxidation sites excluding steroid dienone is 18. The third kappa shape index (κ3) is 47.0. The molecular weight excluding hydrogens is 757 g/mol. The molecule has 0 aliphatic carbocycles. The third-order valence-corrected chi connectivity index (χ3v) is 9.87. The lowest BCUT2D eigenvalue weighted by Crippen LogP contribution is -2.30. The molecule has 6 heteroatoms. The van der Waals surface area contributed by atoms with Gasteiger partial charge in [-0.25, -0.2) is 0 Å². The molecule has 0 heterocycles. The molecule has 0 N–H and O–H groups in total. The van der Waals surface area contributed by atoms with E-state index < -0.39 is 6.10 Å². The Bertz CT molecular complexity index is 1290. The lowest BCUT2D eigenvalue weighted by molar-refractivity contribution is -0.167. The molecule has 0 saturated heterocycles. The average Bonchev–Trinajstić information content (AvgIpc) is 3.26. The molecule has 0 fully saturated rings. The van der Waals surface area contributed by atoms with Gasteiger partial charge in [-0.2, -0.15) is 0 Å². The van der Waals surface area contributed by atoms with E-state index in [-0.39, 0.29) is 37.5 Å². The Labute approximate surface area is 374 Å². The Balaban J connectivity index is 4.55. The molecule has 0 aliphatic heterocycles. The number of hydrogen-bond donors (Lipinski definition) is 0. The number of hydrogen-bond acceptors (Lipinski definition) is 6. The number of unbranched alkanes of at least 4 members (excludes halogenated alkanes) is 17. The van der Waals surface area contributed by atoms with E-state index in [1.165, 1.54) is 44.9 Å². The highest BCUT2D eigenvalue weighted by Crippen LogP contribution is 2.12. The summed E-state index contributed by atoms with van der Waals surface area (Å²) in [6, 6.07) is 0. The van der Waals surface area contributed by atoms with Gasteiger partial charge in [0.15, 0.2) is 6.10 Å². The minimum atomic E-state index is -0.814. The van der Waals surface area contributed by atoms with Crippen molar-refractivity contribution in [1.29, 1.82) is 0 Å². The SMILES string of the molecule is CC\C=C/C=C\C=C/C=C\C=C/CCCCCC(=O)OCC(COC(=O)CCCCC/C=C\CCCCCCCCC)OC(=O)CCCCCC/C=C\C/C=C\C/C=C\CC. The van der Waals surface area contributed by atoms with Crippen molar-refractivity contribution in [3.05, 3.63) is 109 Å². The van der Waals surface area contributed by atoms with Gasteiger partial charge in [0.1, 0.15) is 13.2 Å². The summed E-state index contributed by atoms with van der Waals surface area (Å²) in [6.45, 7) is 6.28. The Morgan fingerprint density at radius 3 is 1.23 bits per heavy atom. The van der Waals surface area contributed by atoms with E-state index in [9.17, 15) is 14.4 Å². The summed E-state index contributed by atoms with van der Waals surface area (Å²) in [7, 11) is 0. The largest absolute Gasteiger partial charge is 0.462 e. The van der Waals surface area contributed by atoms with E-state index in [1.54, 1.807) is 0 Å². The predicted molar refractivity (Wildman–Crippen MR) is 260 cm³/mol. The molecule has 0 radical (unpaired) electrons. The van der Waals surface area contributed by atoms with E-state index in [1.807, 2.05) is 48.6 Å². The fraction of sp³-hybridized carbons (Fsp3) is 0.618. The van der Waals surface area contributed by atoms with Gasteiger partial charge in [0.25, 0.3) is 0 Å². The number of esters is 3. The number of carbonyl (C=O) groups is 3. The molecule has 6 nitrogen and oxygen atoms in total. The third-order valence-electron chi connectivity index (χ3n) is 9.87. The molecule has 0 aromatic heterocycles. The first-order valence-electron chi connectivity index (χ1n) is 24.5. The van der Waals surface area contributed by atoms with E-state index in [0.717, 1.165) is 116 Å². The van der Waals surface area contributed by atoms with E-state index in [4.69, 9.17) is 14.2 Å². The molecule has 0 aliphatic rings. The summed E-state index contributed by atoms with van der Waals surface area (Å²) in [4.78, 5) is 37.9. The van der Waals surface area contributed by atoms with Gasteiger partial charge in [-0.05, 0) is 96.3 Å². The lowest BCUT2D eigenvalue weighted by atomic mass is 10.1. The molecule has 1 atom stereocenters. The van der Waals surface area contributed by atoms with Crippen LogP contribution in [0.4, 0.5) is 0 Å². The number of carbonyl (C=O) groups excluding carboxylic acids is 3. The van der Waals surface area contributed by atoms with Crippen LogP contribution in [0.3, 0.4) is 0 Å². The molecule has 344 valence electrons. The zero-order valence-corrected chi connectivity index (χ0v) is 39.1. The zero-order chi connectivity index (χ0) is 44.4. The maximum absolute atomic E-state index is 12.8. The molecule has 0 saturated carbocycles. The number of rotatable bonds is 42. The molecular formula is C55H88O6. The predicted octanol–water partition coefficient (Wildman–Crippen LogP) is 16.0. The van der Waals surface area contributed by atoms with E-state index in [0.29, 0.717) is 12.8 Å². The molecule has 0 aromatic carbocycles. The second kappa shape index (κ2) is 48.7. The van der Waals surface area contributed by atoms with Crippen LogP contribution in [0.25, 0.3) is 0 Å². The van der Waals surface area contributed by atoms with Crippen molar-refractivity contribution >= 4 is 17.9 Å². The monoisotopic (exact) mass is 845 g/mol. The molecule has 1 unspecified atom stereocenters. The number of ether oxygens (including phenoxy) is 3. The van der Waals surface area contributed by atoms with Crippen LogP contribution in [0, 0.1) is 0 Å². The van der Waals surface area contributed by atoms with Gasteiger partial charge in [-0.3, -0.25) is 14.4 Å². The maximum Gasteiger partial charge on any atom is 0.306 e. The Morgan fingerprint density at radius 1 is 0.361 bits per heavy atom. The van der Waals surface area contributed by atoms with Crippen molar-refractivity contribution in [3.8, 4) is 0 Å². The van der Waals surface area contributed by atoms with Crippen LogP contribution in [0.5, 0.6) is 0 Å². The smallest absolute Gasteiger partial charge is 0.306 e. The summed E-state index contributed by atoms with van der Waals surface area (Å²) in [5.41, 5.74) is 0. The highest BCUT2D eigenvalue weighted by molar-refractivity contribution is 5.71. The highest BCUT2D eigenvalue weighted by Gasteiger charge is 2.19. The van der Waals surface area contributed by atoms with Crippen molar-refractivity contribution in [2.45, 2.75) is 207 Å². The fourth-order valence-corrected chi connectivity index (χ4v) is 6.23. The van der Waals surface area contributed by atoms with Gasteiger partial charge in [-0.15, -0.1) is 0 Å². The highest BCUT2D eigenvalue weighted by atomic mass is 16.6. The quantitative estimate of drug-likeness (QED) is 0.0200. The summed E-state index contributed by atoms with van der Waals surface area (Å²) in [5.74, 6) is -1.000. The first kappa shape index (κ1) is 57.1. The molecule has 0 spiro atoms. The second-order valence-corrected chi connectivity index (χ2v) is 15.7.